The number of rotatable bonds is 1. The highest BCUT2D eigenvalue weighted by Gasteiger charge is 2.36. The molecule has 1 aromatic carbocycles. The molecule has 2 N–H and O–H groups in total. The highest BCUT2D eigenvalue weighted by atomic mass is 19.4. The number of carbonyl (C=O) groups is 1. The van der Waals surface area contributed by atoms with Crippen molar-refractivity contribution in [3.05, 3.63) is 34.6 Å². The Bertz CT molecular complexity index is 488. The number of amides is 1. The average Bonchev–Trinajstić information content (AvgIpc) is 2.14. The van der Waals surface area contributed by atoms with Crippen molar-refractivity contribution in [1.29, 1.82) is 5.26 Å². The van der Waals surface area contributed by atoms with Gasteiger partial charge in [0.1, 0.15) is 11.9 Å². The summed E-state index contributed by atoms with van der Waals surface area (Å²) in [5, 5.41) is 8.51. The summed E-state index contributed by atoms with van der Waals surface area (Å²) < 4.78 is 50.2. The minimum Gasteiger partial charge on any atom is -0.365 e. The largest absolute Gasteiger partial charge is 0.417 e. The van der Waals surface area contributed by atoms with E-state index in [1.165, 1.54) is 0 Å². The third kappa shape index (κ3) is 1.95. The third-order valence-electron chi connectivity index (χ3n) is 1.82. The van der Waals surface area contributed by atoms with Gasteiger partial charge in [0.15, 0.2) is 0 Å². The Balaban J connectivity index is 3.64. The van der Waals surface area contributed by atoms with E-state index in [9.17, 15) is 22.4 Å². The lowest BCUT2D eigenvalue weighted by atomic mass is 10.0. The second-order valence-corrected chi connectivity index (χ2v) is 2.82. The maximum Gasteiger partial charge on any atom is 0.417 e. The predicted molar refractivity (Wildman–Crippen MR) is 44.6 cm³/mol. The lowest BCUT2D eigenvalue weighted by molar-refractivity contribution is -0.137. The van der Waals surface area contributed by atoms with Crippen LogP contribution in [0, 0.1) is 17.1 Å². The number of nitriles is 1. The Morgan fingerprint density at radius 1 is 1.38 bits per heavy atom. The van der Waals surface area contributed by atoms with E-state index in [4.69, 9.17) is 11.0 Å². The van der Waals surface area contributed by atoms with Gasteiger partial charge in [-0.2, -0.15) is 18.4 Å². The van der Waals surface area contributed by atoms with Gasteiger partial charge in [0.25, 0.3) is 5.91 Å². The second-order valence-electron chi connectivity index (χ2n) is 2.82. The molecule has 1 aromatic rings. The van der Waals surface area contributed by atoms with Crippen molar-refractivity contribution < 1.29 is 22.4 Å². The molecule has 1 rings (SSSR count). The van der Waals surface area contributed by atoms with Crippen LogP contribution in [0.2, 0.25) is 0 Å². The van der Waals surface area contributed by atoms with Gasteiger partial charge < -0.3 is 5.73 Å². The van der Waals surface area contributed by atoms with Gasteiger partial charge in [0, 0.05) is 0 Å². The van der Waals surface area contributed by atoms with Gasteiger partial charge in [-0.3, -0.25) is 4.79 Å². The number of benzene rings is 1. The highest BCUT2D eigenvalue weighted by molar-refractivity contribution is 5.96. The van der Waals surface area contributed by atoms with Crippen LogP contribution in [-0.2, 0) is 6.18 Å². The number of carbonyl (C=O) groups excluding carboxylic acids is 1. The standard InChI is InChI=1S/C9H4F4N2O/c10-6-2-1-5(9(11,12)13)4(3-14)7(6)8(15)16/h1-2H,(H2,15,16). The molecule has 0 unspecified atom stereocenters. The van der Waals surface area contributed by atoms with E-state index in [-0.39, 0.29) is 0 Å². The highest BCUT2D eigenvalue weighted by Crippen LogP contribution is 2.33. The molecule has 0 saturated heterocycles. The monoisotopic (exact) mass is 232 g/mol. The Labute approximate surface area is 87.1 Å². The predicted octanol–water partition coefficient (Wildman–Crippen LogP) is 1.82. The number of nitrogens with two attached hydrogens (primary N) is 1. The lowest BCUT2D eigenvalue weighted by Crippen LogP contribution is -2.19. The molecule has 3 nitrogen and oxygen atoms in total. The van der Waals surface area contributed by atoms with Crippen LogP contribution in [0.3, 0.4) is 0 Å². The first-order chi connectivity index (χ1) is 7.29. The van der Waals surface area contributed by atoms with Gasteiger partial charge in [-0.25, -0.2) is 4.39 Å². The van der Waals surface area contributed by atoms with E-state index in [2.05, 4.69) is 0 Å². The molecule has 7 heteroatoms. The molecule has 0 aromatic heterocycles. The van der Waals surface area contributed by atoms with Crippen molar-refractivity contribution in [1.82, 2.24) is 0 Å². The molecule has 0 aliphatic carbocycles. The summed E-state index contributed by atoms with van der Waals surface area (Å²) in [6.45, 7) is 0. The van der Waals surface area contributed by atoms with Crippen LogP contribution in [0.15, 0.2) is 12.1 Å². The number of hydrogen-bond acceptors (Lipinski definition) is 2. The summed E-state index contributed by atoms with van der Waals surface area (Å²) in [6.07, 6.45) is -4.84. The fourth-order valence-corrected chi connectivity index (χ4v) is 1.17. The van der Waals surface area contributed by atoms with Crippen molar-refractivity contribution in [2.24, 2.45) is 5.73 Å². The number of nitrogens with zero attached hydrogens (tertiary/aromatic N) is 1. The van der Waals surface area contributed by atoms with E-state index < -0.39 is 34.6 Å². The summed E-state index contributed by atoms with van der Waals surface area (Å²) in [5.41, 5.74) is 1.18. The van der Waals surface area contributed by atoms with Crippen molar-refractivity contribution >= 4 is 5.91 Å². The summed E-state index contributed by atoms with van der Waals surface area (Å²) in [4.78, 5) is 10.7. The molecule has 0 aliphatic heterocycles. The van der Waals surface area contributed by atoms with Crippen LogP contribution >= 0.6 is 0 Å². The van der Waals surface area contributed by atoms with Crippen LogP contribution in [0.1, 0.15) is 21.5 Å². The normalized spacial score (nSPS) is 10.9. The smallest absolute Gasteiger partial charge is 0.365 e. The second kappa shape index (κ2) is 3.81. The SMILES string of the molecule is N#Cc1c(C(F)(F)F)ccc(F)c1C(N)=O. The molecule has 0 aliphatic rings. The number of primary amides is 1. The minimum absolute atomic E-state index is 0.389. The van der Waals surface area contributed by atoms with E-state index in [0.717, 1.165) is 6.07 Å². The molecule has 0 saturated carbocycles. The van der Waals surface area contributed by atoms with Gasteiger partial charge >= 0.3 is 6.18 Å². The number of hydrogen-bond donors (Lipinski definition) is 1. The van der Waals surface area contributed by atoms with E-state index in [0.29, 0.717) is 12.1 Å². The van der Waals surface area contributed by atoms with Gasteiger partial charge in [-0.15, -0.1) is 0 Å². The zero-order valence-electron chi connectivity index (χ0n) is 7.60. The Kier molecular flexibility index (Phi) is 2.85. The van der Waals surface area contributed by atoms with Gasteiger partial charge in [0.05, 0.1) is 16.7 Å². The zero-order valence-corrected chi connectivity index (χ0v) is 7.60. The topological polar surface area (TPSA) is 66.9 Å². The molecule has 0 bridgehead atoms. The van der Waals surface area contributed by atoms with Crippen molar-refractivity contribution in [2.75, 3.05) is 0 Å². The first-order valence-corrected chi connectivity index (χ1v) is 3.88. The van der Waals surface area contributed by atoms with Crippen LogP contribution < -0.4 is 5.73 Å². The molecule has 0 spiro atoms. The van der Waals surface area contributed by atoms with Gasteiger partial charge in [-0.1, -0.05) is 0 Å². The van der Waals surface area contributed by atoms with Crippen molar-refractivity contribution in [2.45, 2.75) is 6.18 Å². The van der Waals surface area contributed by atoms with Gasteiger partial charge in [0.2, 0.25) is 0 Å². The molecule has 16 heavy (non-hydrogen) atoms. The fraction of sp³-hybridized carbons (Fsp3) is 0.111. The quantitative estimate of drug-likeness (QED) is 0.750. The number of halogens is 4. The maximum absolute atomic E-state index is 13.0. The Hall–Kier alpha value is -2.10. The molecule has 84 valence electrons. The molecule has 0 radical (unpaired) electrons. The molecule has 0 heterocycles. The number of alkyl halides is 3. The van der Waals surface area contributed by atoms with E-state index in [1.54, 1.807) is 0 Å². The molecular formula is C9H4F4N2O. The van der Waals surface area contributed by atoms with Crippen molar-refractivity contribution in [3.8, 4) is 6.07 Å². The fourth-order valence-electron chi connectivity index (χ4n) is 1.17. The van der Waals surface area contributed by atoms with Crippen molar-refractivity contribution in [3.63, 3.8) is 0 Å². The van der Waals surface area contributed by atoms with E-state index >= 15 is 0 Å². The Morgan fingerprint density at radius 2 is 1.94 bits per heavy atom. The summed E-state index contributed by atoms with van der Waals surface area (Å²) in [6, 6.07) is 1.97. The molecule has 0 fully saturated rings. The Morgan fingerprint density at radius 3 is 2.31 bits per heavy atom. The van der Waals surface area contributed by atoms with Crippen LogP contribution in [-0.4, -0.2) is 5.91 Å². The van der Waals surface area contributed by atoms with Crippen LogP contribution in [0.4, 0.5) is 17.6 Å². The average molecular weight is 232 g/mol. The maximum atomic E-state index is 13.0. The van der Waals surface area contributed by atoms with E-state index in [1.807, 2.05) is 0 Å². The van der Waals surface area contributed by atoms with Crippen LogP contribution in [0.25, 0.3) is 0 Å². The van der Waals surface area contributed by atoms with Gasteiger partial charge in [-0.05, 0) is 12.1 Å². The summed E-state index contributed by atoms with van der Waals surface area (Å²) in [5.74, 6) is -2.67. The lowest BCUT2D eigenvalue weighted by Gasteiger charge is -2.10. The summed E-state index contributed by atoms with van der Waals surface area (Å²) in [7, 11) is 0. The minimum atomic E-state index is -4.84. The zero-order chi connectivity index (χ0) is 12.5. The third-order valence-corrected chi connectivity index (χ3v) is 1.82. The molecule has 1 amide bonds. The first kappa shape index (κ1) is 12.0. The summed E-state index contributed by atoms with van der Waals surface area (Å²) >= 11 is 0. The molecular weight excluding hydrogens is 228 g/mol. The first-order valence-electron chi connectivity index (χ1n) is 3.88. The molecule has 0 atom stereocenters. The van der Waals surface area contributed by atoms with Crippen LogP contribution in [0.5, 0.6) is 0 Å².